The van der Waals surface area contributed by atoms with E-state index in [-0.39, 0.29) is 24.8 Å². The van der Waals surface area contributed by atoms with Crippen molar-refractivity contribution in [2.45, 2.75) is 39.2 Å². The largest absolute Gasteiger partial charge is 0.481 e. The Morgan fingerprint density at radius 2 is 1.89 bits per heavy atom. The van der Waals surface area contributed by atoms with Gasteiger partial charge in [0.15, 0.2) is 0 Å². The first-order valence-corrected chi connectivity index (χ1v) is 6.22. The lowest BCUT2D eigenvalue weighted by molar-refractivity contribution is -0.141. The summed E-state index contributed by atoms with van der Waals surface area (Å²) in [5.74, 6) is -1.38. The highest BCUT2D eigenvalue weighted by Crippen LogP contribution is 2.06. The molecule has 7 heteroatoms. The fourth-order valence-corrected chi connectivity index (χ4v) is 1.50. The van der Waals surface area contributed by atoms with E-state index < -0.39 is 18.0 Å². The number of nitrogens with one attached hydrogen (secondary N) is 2. The number of urea groups is 1. The third kappa shape index (κ3) is 8.87. The molecule has 0 radical (unpaired) electrons. The normalized spacial score (nSPS) is 13.2. The number of ether oxygens (including phenoxy) is 1. The van der Waals surface area contributed by atoms with Crippen LogP contribution in [0.2, 0.25) is 0 Å². The fourth-order valence-electron chi connectivity index (χ4n) is 1.50. The van der Waals surface area contributed by atoms with Crippen molar-refractivity contribution in [2.75, 3.05) is 13.7 Å². The molecule has 0 aromatic carbocycles. The maximum atomic E-state index is 11.5. The Morgan fingerprint density at radius 1 is 1.26 bits per heavy atom. The number of rotatable bonds is 8. The van der Waals surface area contributed by atoms with Crippen molar-refractivity contribution >= 4 is 18.0 Å². The maximum absolute atomic E-state index is 11.5. The molecule has 3 N–H and O–H groups in total. The molecule has 19 heavy (non-hydrogen) atoms. The van der Waals surface area contributed by atoms with Gasteiger partial charge in [-0.3, -0.25) is 9.59 Å². The van der Waals surface area contributed by atoms with E-state index in [1.165, 1.54) is 7.11 Å². The summed E-state index contributed by atoms with van der Waals surface area (Å²) >= 11 is 0. The molecule has 0 fully saturated rings. The van der Waals surface area contributed by atoms with Crippen LogP contribution in [0.4, 0.5) is 4.79 Å². The molecular formula is C12H22N2O5. The van der Waals surface area contributed by atoms with Crippen LogP contribution >= 0.6 is 0 Å². The van der Waals surface area contributed by atoms with Crippen LogP contribution in [-0.2, 0) is 14.3 Å². The van der Waals surface area contributed by atoms with Crippen LogP contribution in [0.1, 0.15) is 33.1 Å². The number of carboxylic acid groups (broad SMARTS) is 1. The van der Waals surface area contributed by atoms with Crippen LogP contribution in [0.25, 0.3) is 0 Å². The number of carbonyl (C=O) groups excluding carboxylic acids is 2. The Hall–Kier alpha value is -1.79. The smallest absolute Gasteiger partial charge is 0.315 e. The molecule has 0 saturated heterocycles. The summed E-state index contributed by atoms with van der Waals surface area (Å²) in [6, 6.07) is -0.757. The Bertz CT molecular complexity index is 319. The number of carbonyl (C=O) groups is 3. The molecule has 0 heterocycles. The number of aliphatic carboxylic acids is 1. The summed E-state index contributed by atoms with van der Waals surface area (Å²) in [5.41, 5.74) is 0. The summed E-state index contributed by atoms with van der Waals surface area (Å²) < 4.78 is 4.49. The van der Waals surface area contributed by atoms with Crippen LogP contribution in [0.3, 0.4) is 0 Å². The number of hydrogen-bond acceptors (Lipinski definition) is 4. The van der Waals surface area contributed by atoms with Crippen LogP contribution in [0.5, 0.6) is 0 Å². The lowest BCUT2D eigenvalue weighted by Gasteiger charge is -2.16. The Kier molecular flexibility index (Phi) is 8.32. The van der Waals surface area contributed by atoms with Crippen LogP contribution in [0, 0.1) is 5.92 Å². The lowest BCUT2D eigenvalue weighted by Crippen LogP contribution is -2.43. The van der Waals surface area contributed by atoms with E-state index in [1.54, 1.807) is 6.92 Å². The van der Waals surface area contributed by atoms with Gasteiger partial charge in [0.25, 0.3) is 0 Å². The van der Waals surface area contributed by atoms with Crippen molar-refractivity contribution < 1.29 is 24.2 Å². The molecule has 0 aromatic rings. The van der Waals surface area contributed by atoms with Crippen molar-refractivity contribution in [3.8, 4) is 0 Å². The maximum Gasteiger partial charge on any atom is 0.315 e. The first-order chi connectivity index (χ1) is 8.88. The minimum Gasteiger partial charge on any atom is -0.481 e. The molecule has 0 spiro atoms. The highest BCUT2D eigenvalue weighted by atomic mass is 16.5. The van der Waals surface area contributed by atoms with Crippen molar-refractivity contribution in [1.82, 2.24) is 10.6 Å². The third-order valence-electron chi connectivity index (χ3n) is 2.67. The number of amides is 2. The quantitative estimate of drug-likeness (QED) is 0.566. The zero-order valence-electron chi connectivity index (χ0n) is 11.6. The van der Waals surface area contributed by atoms with E-state index in [0.29, 0.717) is 13.0 Å². The fraction of sp³-hybridized carbons (Fsp3) is 0.750. The van der Waals surface area contributed by atoms with Crippen LogP contribution in [0.15, 0.2) is 0 Å². The topological polar surface area (TPSA) is 105 Å². The molecule has 0 bridgehead atoms. The Balaban J connectivity index is 3.96. The molecule has 2 amide bonds. The SMILES string of the molecule is CCC(CNC(=O)NC(C)CC(=O)OC)CC(=O)O. The molecule has 2 unspecified atom stereocenters. The predicted octanol–water partition coefficient (Wildman–Crippen LogP) is 0.738. The summed E-state index contributed by atoms with van der Waals surface area (Å²) in [4.78, 5) is 33.1. The highest BCUT2D eigenvalue weighted by Gasteiger charge is 2.15. The molecule has 0 aliphatic rings. The highest BCUT2D eigenvalue weighted by molar-refractivity contribution is 5.76. The third-order valence-corrected chi connectivity index (χ3v) is 2.67. The van der Waals surface area contributed by atoms with E-state index in [0.717, 1.165) is 0 Å². The number of esters is 1. The van der Waals surface area contributed by atoms with Gasteiger partial charge in [-0.25, -0.2) is 4.79 Å². The summed E-state index contributed by atoms with van der Waals surface area (Å²) in [6.07, 6.45) is 0.787. The zero-order chi connectivity index (χ0) is 14.8. The average molecular weight is 274 g/mol. The Labute approximate surface area is 112 Å². The van der Waals surface area contributed by atoms with Gasteiger partial charge in [-0.15, -0.1) is 0 Å². The van der Waals surface area contributed by atoms with Gasteiger partial charge >= 0.3 is 18.0 Å². The van der Waals surface area contributed by atoms with E-state index in [1.807, 2.05) is 6.92 Å². The van der Waals surface area contributed by atoms with Gasteiger partial charge < -0.3 is 20.5 Å². The molecule has 7 nitrogen and oxygen atoms in total. The summed E-state index contributed by atoms with van der Waals surface area (Å²) in [7, 11) is 1.28. The van der Waals surface area contributed by atoms with E-state index >= 15 is 0 Å². The number of methoxy groups -OCH3 is 1. The first kappa shape index (κ1) is 17.2. The van der Waals surface area contributed by atoms with Crippen molar-refractivity contribution in [2.24, 2.45) is 5.92 Å². The van der Waals surface area contributed by atoms with Gasteiger partial charge in [0, 0.05) is 19.0 Å². The Morgan fingerprint density at radius 3 is 2.37 bits per heavy atom. The second kappa shape index (κ2) is 9.18. The summed E-state index contributed by atoms with van der Waals surface area (Å²) in [6.45, 7) is 3.84. The second-order valence-electron chi connectivity index (χ2n) is 4.41. The van der Waals surface area contributed by atoms with Crippen LogP contribution in [-0.4, -0.2) is 42.8 Å². The zero-order valence-corrected chi connectivity index (χ0v) is 11.6. The second-order valence-corrected chi connectivity index (χ2v) is 4.41. The number of carboxylic acids is 1. The first-order valence-electron chi connectivity index (χ1n) is 6.22. The van der Waals surface area contributed by atoms with Crippen molar-refractivity contribution in [3.63, 3.8) is 0 Å². The van der Waals surface area contributed by atoms with E-state index in [4.69, 9.17) is 5.11 Å². The minimum absolute atomic E-state index is 0.0223. The average Bonchev–Trinajstić information content (AvgIpc) is 2.33. The predicted molar refractivity (Wildman–Crippen MR) is 68.7 cm³/mol. The van der Waals surface area contributed by atoms with Crippen molar-refractivity contribution in [3.05, 3.63) is 0 Å². The standard InChI is InChI=1S/C12H22N2O5/c1-4-9(6-10(15)16)7-13-12(18)14-8(2)5-11(17)19-3/h8-9H,4-7H2,1-3H3,(H,15,16)(H2,13,14,18). The van der Waals surface area contributed by atoms with Crippen molar-refractivity contribution in [1.29, 1.82) is 0 Å². The van der Waals surface area contributed by atoms with E-state index in [9.17, 15) is 14.4 Å². The molecule has 0 aliphatic carbocycles. The molecule has 0 saturated carbocycles. The van der Waals surface area contributed by atoms with Gasteiger partial charge in [0.05, 0.1) is 13.5 Å². The van der Waals surface area contributed by atoms with Gasteiger partial charge in [-0.05, 0) is 12.8 Å². The summed E-state index contributed by atoms with van der Waals surface area (Å²) in [5, 5.41) is 13.8. The number of hydrogen-bond donors (Lipinski definition) is 3. The molecule has 2 atom stereocenters. The van der Waals surface area contributed by atoms with Gasteiger partial charge in [0.1, 0.15) is 0 Å². The lowest BCUT2D eigenvalue weighted by atomic mass is 10.0. The molecule has 0 aromatic heterocycles. The molecule has 0 rings (SSSR count). The van der Waals surface area contributed by atoms with Gasteiger partial charge in [0.2, 0.25) is 0 Å². The molecule has 0 aliphatic heterocycles. The van der Waals surface area contributed by atoms with Crippen LogP contribution < -0.4 is 10.6 Å². The monoisotopic (exact) mass is 274 g/mol. The van der Waals surface area contributed by atoms with Gasteiger partial charge in [-0.1, -0.05) is 13.3 Å². The minimum atomic E-state index is -0.881. The molecular weight excluding hydrogens is 252 g/mol. The van der Waals surface area contributed by atoms with E-state index in [2.05, 4.69) is 15.4 Å². The molecule has 110 valence electrons. The van der Waals surface area contributed by atoms with Gasteiger partial charge in [-0.2, -0.15) is 0 Å².